The van der Waals surface area contributed by atoms with E-state index in [-0.39, 0.29) is 0 Å². The highest BCUT2D eigenvalue weighted by Gasteiger charge is 1.85. The highest BCUT2D eigenvalue weighted by Crippen LogP contribution is 2.03. The minimum Gasteiger partial charge on any atom is -0.0622 e. The van der Waals surface area contributed by atoms with Crippen molar-refractivity contribution < 1.29 is 0 Å². The zero-order valence-electron chi connectivity index (χ0n) is 9.25. The van der Waals surface area contributed by atoms with Crippen LogP contribution in [0.5, 0.6) is 0 Å². The number of hydrogen-bond acceptors (Lipinski definition) is 0. The normalized spacial score (nSPS) is 9.36. The second kappa shape index (κ2) is 5.43. The molecule has 0 bridgehead atoms. The van der Waals surface area contributed by atoms with Gasteiger partial charge < -0.3 is 0 Å². The van der Waals surface area contributed by atoms with Crippen molar-refractivity contribution in [3.05, 3.63) is 59.2 Å². The molecule has 0 unspecified atom stereocenters. The smallest absolute Gasteiger partial charge is 0.0307 e. The highest BCUT2D eigenvalue weighted by molar-refractivity contribution is 5.23. The van der Waals surface area contributed by atoms with Gasteiger partial charge in [0.1, 0.15) is 0 Å². The summed E-state index contributed by atoms with van der Waals surface area (Å²) in [6.07, 6.45) is 1.08. The van der Waals surface area contributed by atoms with Crippen LogP contribution in [0, 0.1) is 13.8 Å². The van der Waals surface area contributed by atoms with Crippen molar-refractivity contribution in [3.63, 3.8) is 0 Å². The molecule has 1 aromatic carbocycles. The van der Waals surface area contributed by atoms with Gasteiger partial charge in [0, 0.05) is 0 Å². The molecule has 0 spiro atoms. The molecule has 0 nitrogen and oxygen atoms in total. The van der Waals surface area contributed by atoms with E-state index in [4.69, 9.17) is 0 Å². The molecule has 0 N–H and O–H groups in total. The third-order valence-corrected chi connectivity index (χ3v) is 2.46. The lowest BCUT2D eigenvalue weighted by atomic mass is 10.1. The first-order chi connectivity index (χ1) is 6.74. The Morgan fingerprint density at radius 1 is 0.786 bits per heavy atom. The van der Waals surface area contributed by atoms with Crippen molar-refractivity contribution in [1.82, 2.24) is 0 Å². The van der Waals surface area contributed by atoms with Crippen LogP contribution < -0.4 is 0 Å². The van der Waals surface area contributed by atoms with E-state index in [1.165, 1.54) is 16.7 Å². The Balaban J connectivity index is 3.31. The molecule has 0 heteroatoms. The molecule has 14 heavy (non-hydrogen) atoms. The molecule has 0 aliphatic heterocycles. The molecule has 0 saturated heterocycles. The Bertz CT molecular complexity index is 349. The summed E-state index contributed by atoms with van der Waals surface area (Å²) >= 11 is 0. The Kier molecular flexibility index (Phi) is 4.18. The van der Waals surface area contributed by atoms with Gasteiger partial charge in [-0.05, 0) is 37.0 Å². The first-order valence-electron chi connectivity index (χ1n) is 5.13. The lowest BCUT2D eigenvalue weighted by molar-refractivity contribution is 1.14. The molecule has 1 aromatic rings. The fraction of sp³-hybridized carbons (Fsp3) is 0.286. The second-order valence-corrected chi connectivity index (χ2v) is 3.54. The van der Waals surface area contributed by atoms with Crippen LogP contribution >= 0.6 is 0 Å². The maximum atomic E-state index is 2.20. The van der Waals surface area contributed by atoms with Gasteiger partial charge >= 0.3 is 0 Å². The quantitative estimate of drug-likeness (QED) is 0.622. The van der Waals surface area contributed by atoms with Crippen LogP contribution in [0.1, 0.15) is 23.6 Å². The van der Waals surface area contributed by atoms with Crippen molar-refractivity contribution in [3.8, 4) is 0 Å². The SMILES string of the molecule is CCc1cccccc(C)c(C)cc1. The van der Waals surface area contributed by atoms with Gasteiger partial charge in [-0.3, -0.25) is 0 Å². The van der Waals surface area contributed by atoms with Crippen LogP contribution in [0.2, 0.25) is 0 Å². The second-order valence-electron chi connectivity index (χ2n) is 3.54. The monoisotopic (exact) mass is 186 g/mol. The van der Waals surface area contributed by atoms with Crippen molar-refractivity contribution in [2.75, 3.05) is 0 Å². The van der Waals surface area contributed by atoms with E-state index in [0.29, 0.717) is 0 Å². The third kappa shape index (κ3) is 3.21. The van der Waals surface area contributed by atoms with Crippen molar-refractivity contribution in [2.45, 2.75) is 27.2 Å². The van der Waals surface area contributed by atoms with E-state index in [1.807, 2.05) is 0 Å². The van der Waals surface area contributed by atoms with E-state index in [1.54, 1.807) is 0 Å². The fourth-order valence-electron chi connectivity index (χ4n) is 1.23. The lowest BCUT2D eigenvalue weighted by Gasteiger charge is -1.94. The topological polar surface area (TPSA) is 0 Å². The van der Waals surface area contributed by atoms with Crippen molar-refractivity contribution >= 4 is 0 Å². The highest BCUT2D eigenvalue weighted by atomic mass is 13.9. The molecule has 0 saturated carbocycles. The molecule has 0 heterocycles. The summed E-state index contributed by atoms with van der Waals surface area (Å²) in [6.45, 7) is 6.47. The number of rotatable bonds is 1. The lowest BCUT2D eigenvalue weighted by Crippen LogP contribution is -1.77. The summed E-state index contributed by atoms with van der Waals surface area (Å²) in [6, 6.07) is 14.9. The van der Waals surface area contributed by atoms with E-state index in [0.717, 1.165) is 6.42 Å². The van der Waals surface area contributed by atoms with Crippen molar-refractivity contribution in [1.29, 1.82) is 0 Å². The van der Waals surface area contributed by atoms with Crippen molar-refractivity contribution in [2.24, 2.45) is 0 Å². The van der Waals surface area contributed by atoms with E-state index < -0.39 is 0 Å². The molecule has 0 aromatic heterocycles. The number of hydrogen-bond donors (Lipinski definition) is 0. The Labute approximate surface area is 86.9 Å². The van der Waals surface area contributed by atoms with Crippen LogP contribution in [-0.2, 0) is 6.42 Å². The van der Waals surface area contributed by atoms with E-state index in [2.05, 4.69) is 63.2 Å². The molecular formula is C14H18. The fourth-order valence-corrected chi connectivity index (χ4v) is 1.23. The van der Waals surface area contributed by atoms with Crippen LogP contribution in [0.15, 0.2) is 42.5 Å². The largest absolute Gasteiger partial charge is 0.0622 e. The maximum absolute atomic E-state index is 2.20. The predicted molar refractivity (Wildman–Crippen MR) is 62.9 cm³/mol. The molecule has 0 radical (unpaired) electrons. The van der Waals surface area contributed by atoms with Gasteiger partial charge in [0.15, 0.2) is 0 Å². The zero-order valence-corrected chi connectivity index (χ0v) is 9.25. The van der Waals surface area contributed by atoms with Gasteiger partial charge in [0.25, 0.3) is 0 Å². The maximum Gasteiger partial charge on any atom is -0.0307 e. The van der Waals surface area contributed by atoms with Gasteiger partial charge in [0.2, 0.25) is 0 Å². The molecule has 0 aliphatic carbocycles. The molecule has 74 valence electrons. The Morgan fingerprint density at radius 3 is 2.14 bits per heavy atom. The zero-order chi connectivity index (χ0) is 10.4. The molecule has 1 rings (SSSR count). The van der Waals surface area contributed by atoms with Gasteiger partial charge in [-0.2, -0.15) is 0 Å². The summed E-state index contributed by atoms with van der Waals surface area (Å²) in [4.78, 5) is 0. The molecule has 0 fully saturated rings. The van der Waals surface area contributed by atoms with Crippen LogP contribution in [0.4, 0.5) is 0 Å². The predicted octanol–water partition coefficient (Wildman–Crippen LogP) is 3.99. The summed E-state index contributed by atoms with van der Waals surface area (Å²) in [5.41, 5.74) is 4.02. The average Bonchev–Trinajstić information content (AvgIpc) is 2.20. The van der Waals surface area contributed by atoms with Crippen LogP contribution in [0.25, 0.3) is 0 Å². The average molecular weight is 186 g/mol. The Morgan fingerprint density at radius 2 is 1.43 bits per heavy atom. The molecule has 0 aliphatic rings. The molecule has 0 atom stereocenters. The molecular weight excluding hydrogens is 168 g/mol. The van der Waals surface area contributed by atoms with Gasteiger partial charge in [-0.1, -0.05) is 49.4 Å². The minimum absolute atomic E-state index is 1.08. The summed E-state index contributed by atoms with van der Waals surface area (Å²) in [5.74, 6) is 0. The van der Waals surface area contributed by atoms with Gasteiger partial charge in [0.05, 0.1) is 0 Å². The van der Waals surface area contributed by atoms with E-state index >= 15 is 0 Å². The minimum atomic E-state index is 1.08. The summed E-state index contributed by atoms with van der Waals surface area (Å²) in [5, 5.41) is 0. The summed E-state index contributed by atoms with van der Waals surface area (Å²) in [7, 11) is 0. The van der Waals surface area contributed by atoms with Gasteiger partial charge in [-0.15, -0.1) is 0 Å². The summed E-state index contributed by atoms with van der Waals surface area (Å²) < 4.78 is 0. The first-order valence-corrected chi connectivity index (χ1v) is 5.13. The number of aryl methyl sites for hydroxylation is 3. The standard InChI is InChI=1S/C14H18/c1-4-14-9-7-5-6-8-12(2)13(3)10-11-14/h5-11H,4H2,1-3H3. The van der Waals surface area contributed by atoms with Gasteiger partial charge in [-0.25, -0.2) is 0 Å². The molecule has 0 amide bonds. The van der Waals surface area contributed by atoms with E-state index in [9.17, 15) is 0 Å². The third-order valence-electron chi connectivity index (χ3n) is 2.46. The Hall–Kier alpha value is -1.30. The van der Waals surface area contributed by atoms with Crippen LogP contribution in [-0.4, -0.2) is 0 Å². The van der Waals surface area contributed by atoms with Crippen LogP contribution in [0.3, 0.4) is 0 Å². The first kappa shape index (κ1) is 10.8.